The lowest BCUT2D eigenvalue weighted by Gasteiger charge is -2.27. The maximum Gasteiger partial charge on any atom is 0.317 e. The third kappa shape index (κ3) is 5.06. The van der Waals surface area contributed by atoms with E-state index >= 15 is 0 Å². The Morgan fingerprint density at radius 1 is 1.47 bits per heavy atom. The highest BCUT2D eigenvalue weighted by molar-refractivity contribution is 5.75. The minimum absolute atomic E-state index is 0.0676. The second-order valence-electron chi connectivity index (χ2n) is 5.51. The van der Waals surface area contributed by atoms with Crippen molar-refractivity contribution in [1.29, 1.82) is 0 Å². The number of nitrogens with one attached hydrogen (secondary N) is 1. The van der Waals surface area contributed by atoms with Gasteiger partial charge in [-0.05, 0) is 33.4 Å². The number of carbonyl (C=O) groups excluding carboxylic acids is 1. The average molecular weight is 271 g/mol. The molecule has 6 heteroatoms. The van der Waals surface area contributed by atoms with Gasteiger partial charge < -0.3 is 20.2 Å². The van der Waals surface area contributed by atoms with Gasteiger partial charge in [-0.1, -0.05) is 6.92 Å². The second-order valence-corrected chi connectivity index (χ2v) is 5.51. The van der Waals surface area contributed by atoms with Crippen LogP contribution >= 0.6 is 0 Å². The molecular formula is C13H25N3O3. The van der Waals surface area contributed by atoms with E-state index < -0.39 is 11.9 Å². The van der Waals surface area contributed by atoms with Crippen molar-refractivity contribution >= 4 is 12.0 Å². The second kappa shape index (κ2) is 7.33. The first-order valence-corrected chi connectivity index (χ1v) is 6.83. The number of nitrogens with zero attached hydrogens (tertiary/aromatic N) is 2. The number of carboxylic acid groups (broad SMARTS) is 1. The van der Waals surface area contributed by atoms with Crippen LogP contribution in [-0.2, 0) is 4.79 Å². The predicted octanol–water partition coefficient (Wildman–Crippen LogP) is 0.833. The molecule has 1 rings (SSSR count). The van der Waals surface area contributed by atoms with Crippen molar-refractivity contribution in [3.05, 3.63) is 0 Å². The minimum Gasteiger partial charge on any atom is -0.481 e. The summed E-state index contributed by atoms with van der Waals surface area (Å²) in [4.78, 5) is 26.7. The number of carbonyl (C=O) groups is 2. The van der Waals surface area contributed by atoms with Crippen LogP contribution in [0.4, 0.5) is 4.79 Å². The van der Waals surface area contributed by atoms with Gasteiger partial charge in [-0.15, -0.1) is 0 Å². The third-order valence-corrected chi connectivity index (χ3v) is 3.49. The summed E-state index contributed by atoms with van der Waals surface area (Å²) in [6, 6.07) is 0.203. The number of likely N-dealkylation sites (tertiary alicyclic amines) is 1. The number of amides is 2. The van der Waals surface area contributed by atoms with Crippen molar-refractivity contribution in [3.63, 3.8) is 0 Å². The molecule has 2 unspecified atom stereocenters. The van der Waals surface area contributed by atoms with E-state index in [4.69, 9.17) is 5.11 Å². The molecule has 0 spiro atoms. The highest BCUT2D eigenvalue weighted by Gasteiger charge is 2.28. The Labute approximate surface area is 114 Å². The summed E-state index contributed by atoms with van der Waals surface area (Å²) in [5.74, 6) is -1.24. The summed E-state index contributed by atoms with van der Waals surface area (Å²) in [5.41, 5.74) is 0. The van der Waals surface area contributed by atoms with Gasteiger partial charge in [-0.25, -0.2) is 4.79 Å². The van der Waals surface area contributed by atoms with Gasteiger partial charge in [0.2, 0.25) is 0 Å². The molecular weight excluding hydrogens is 246 g/mol. The van der Waals surface area contributed by atoms with E-state index in [1.807, 2.05) is 19.0 Å². The van der Waals surface area contributed by atoms with Crippen LogP contribution in [0.3, 0.4) is 0 Å². The molecule has 1 fully saturated rings. The van der Waals surface area contributed by atoms with Gasteiger partial charge in [-0.2, -0.15) is 0 Å². The molecule has 6 nitrogen and oxygen atoms in total. The molecule has 2 N–H and O–H groups in total. The lowest BCUT2D eigenvalue weighted by Crippen LogP contribution is -2.46. The molecule has 0 aliphatic carbocycles. The molecule has 1 aliphatic heterocycles. The van der Waals surface area contributed by atoms with Crippen molar-refractivity contribution in [1.82, 2.24) is 15.1 Å². The van der Waals surface area contributed by atoms with Crippen LogP contribution in [0.15, 0.2) is 0 Å². The number of rotatable bonds is 6. The van der Waals surface area contributed by atoms with Gasteiger partial charge in [0, 0.05) is 25.7 Å². The predicted molar refractivity (Wildman–Crippen MR) is 73.1 cm³/mol. The van der Waals surface area contributed by atoms with E-state index in [1.54, 1.807) is 6.92 Å². The number of urea groups is 1. The van der Waals surface area contributed by atoms with Crippen LogP contribution < -0.4 is 5.32 Å². The van der Waals surface area contributed by atoms with Crippen molar-refractivity contribution in [2.24, 2.45) is 5.92 Å². The van der Waals surface area contributed by atoms with E-state index in [0.717, 1.165) is 25.9 Å². The monoisotopic (exact) mass is 271 g/mol. The molecule has 0 aromatic heterocycles. The molecule has 19 heavy (non-hydrogen) atoms. The Hall–Kier alpha value is -1.30. The summed E-state index contributed by atoms with van der Waals surface area (Å²) >= 11 is 0. The Morgan fingerprint density at radius 2 is 2.16 bits per heavy atom. The van der Waals surface area contributed by atoms with Gasteiger partial charge in [0.15, 0.2) is 0 Å². The van der Waals surface area contributed by atoms with Crippen molar-refractivity contribution < 1.29 is 14.7 Å². The van der Waals surface area contributed by atoms with Crippen LogP contribution in [-0.4, -0.2) is 66.7 Å². The lowest BCUT2D eigenvalue weighted by molar-refractivity contribution is -0.141. The fourth-order valence-corrected chi connectivity index (χ4v) is 2.34. The van der Waals surface area contributed by atoms with Crippen molar-refractivity contribution in [2.45, 2.75) is 32.2 Å². The molecule has 1 aliphatic rings. The maximum absolute atomic E-state index is 12.0. The van der Waals surface area contributed by atoms with Gasteiger partial charge >= 0.3 is 12.0 Å². The van der Waals surface area contributed by atoms with E-state index in [9.17, 15) is 9.59 Å². The highest BCUT2D eigenvalue weighted by atomic mass is 16.4. The first-order chi connectivity index (χ1) is 8.91. The average Bonchev–Trinajstić information content (AvgIpc) is 2.75. The fraction of sp³-hybridized carbons (Fsp3) is 0.846. The molecule has 0 saturated carbocycles. The SMILES string of the molecule is CC(CCNC(=O)N1CCCC1CN(C)C)C(=O)O. The molecule has 0 aromatic rings. The van der Waals surface area contributed by atoms with E-state index in [-0.39, 0.29) is 12.1 Å². The zero-order valence-corrected chi connectivity index (χ0v) is 12.1. The number of aliphatic carboxylic acids is 1. The Morgan fingerprint density at radius 3 is 2.74 bits per heavy atom. The first-order valence-electron chi connectivity index (χ1n) is 6.83. The fourth-order valence-electron chi connectivity index (χ4n) is 2.34. The summed E-state index contributed by atoms with van der Waals surface area (Å²) in [7, 11) is 4.01. The standard InChI is InChI=1S/C13H25N3O3/c1-10(12(17)18)6-7-14-13(19)16-8-4-5-11(16)9-15(2)3/h10-11H,4-9H2,1-3H3,(H,14,19)(H,17,18). The first kappa shape index (κ1) is 15.8. The topological polar surface area (TPSA) is 72.9 Å². The molecule has 0 bridgehead atoms. The minimum atomic E-state index is -0.819. The zero-order valence-electron chi connectivity index (χ0n) is 12.1. The lowest BCUT2D eigenvalue weighted by atomic mass is 10.1. The molecule has 1 heterocycles. The molecule has 1 saturated heterocycles. The van der Waals surface area contributed by atoms with Crippen LogP contribution in [0.5, 0.6) is 0 Å². The van der Waals surface area contributed by atoms with Gasteiger partial charge in [0.05, 0.1) is 5.92 Å². The van der Waals surface area contributed by atoms with Gasteiger partial charge in [-0.3, -0.25) is 4.79 Å². The van der Waals surface area contributed by atoms with Crippen molar-refractivity contribution in [3.8, 4) is 0 Å². The Bertz CT molecular complexity index is 320. The number of likely N-dealkylation sites (N-methyl/N-ethyl adjacent to an activating group) is 1. The van der Waals surface area contributed by atoms with E-state index in [1.165, 1.54) is 0 Å². The van der Waals surface area contributed by atoms with Gasteiger partial charge in [0.1, 0.15) is 0 Å². The molecule has 2 atom stereocenters. The normalized spacial score (nSPS) is 20.6. The summed E-state index contributed by atoms with van der Waals surface area (Å²) in [5, 5.41) is 11.6. The van der Waals surface area contributed by atoms with E-state index in [0.29, 0.717) is 13.0 Å². The molecule has 0 radical (unpaired) electrons. The largest absolute Gasteiger partial charge is 0.481 e. The van der Waals surface area contributed by atoms with Crippen LogP contribution in [0.2, 0.25) is 0 Å². The smallest absolute Gasteiger partial charge is 0.317 e. The number of carboxylic acids is 1. The molecule has 110 valence electrons. The number of hydrogen-bond acceptors (Lipinski definition) is 3. The maximum atomic E-state index is 12.0. The third-order valence-electron chi connectivity index (χ3n) is 3.49. The van der Waals surface area contributed by atoms with E-state index in [2.05, 4.69) is 10.2 Å². The number of hydrogen-bond donors (Lipinski definition) is 2. The summed E-state index contributed by atoms with van der Waals surface area (Å²) < 4.78 is 0. The Balaban J connectivity index is 2.34. The Kier molecular flexibility index (Phi) is 6.08. The van der Waals surface area contributed by atoms with Crippen molar-refractivity contribution in [2.75, 3.05) is 33.7 Å². The van der Waals surface area contributed by atoms with Crippen LogP contribution in [0, 0.1) is 5.92 Å². The summed E-state index contributed by atoms with van der Waals surface area (Å²) in [6.45, 7) is 3.73. The quantitative estimate of drug-likeness (QED) is 0.750. The zero-order chi connectivity index (χ0) is 14.4. The molecule has 2 amide bonds. The van der Waals surface area contributed by atoms with Crippen LogP contribution in [0.25, 0.3) is 0 Å². The molecule has 0 aromatic carbocycles. The van der Waals surface area contributed by atoms with Crippen LogP contribution in [0.1, 0.15) is 26.2 Å². The summed E-state index contributed by atoms with van der Waals surface area (Å²) in [6.07, 6.45) is 2.54. The highest BCUT2D eigenvalue weighted by Crippen LogP contribution is 2.17. The van der Waals surface area contributed by atoms with Gasteiger partial charge in [0.25, 0.3) is 0 Å².